The molecule has 1 heterocycles. The van der Waals surface area contributed by atoms with E-state index in [2.05, 4.69) is 51.4 Å². The van der Waals surface area contributed by atoms with Gasteiger partial charge >= 0.3 is 6.09 Å². The topological polar surface area (TPSA) is 64.1 Å². The van der Waals surface area contributed by atoms with Gasteiger partial charge in [0.2, 0.25) is 0 Å². The fourth-order valence-corrected chi connectivity index (χ4v) is 4.25. The van der Waals surface area contributed by atoms with Crippen LogP contribution < -0.4 is 5.32 Å². The molecule has 0 aliphatic heterocycles. The molecular weight excluding hydrogens is 434 g/mol. The van der Waals surface area contributed by atoms with Gasteiger partial charge in [0, 0.05) is 24.4 Å². The molecule has 162 valence electrons. The fourth-order valence-electron chi connectivity index (χ4n) is 4.11. The summed E-state index contributed by atoms with van der Waals surface area (Å²) in [6.07, 6.45) is 1.59. The minimum absolute atomic E-state index is 0.0486. The molecule has 4 aromatic rings. The summed E-state index contributed by atoms with van der Waals surface area (Å²) in [6, 6.07) is 22.1. The summed E-state index contributed by atoms with van der Waals surface area (Å²) < 4.78 is 5.54. The second kappa shape index (κ2) is 9.32. The Morgan fingerprint density at radius 1 is 1.00 bits per heavy atom. The van der Waals surface area contributed by atoms with Gasteiger partial charge in [-0.25, -0.2) is 9.78 Å². The van der Waals surface area contributed by atoms with E-state index < -0.39 is 6.09 Å². The SMILES string of the molecule is O=C(NCCC#Cc1ccc2ncc(Cl)nc2c1)OCC1c2ccccc2-c2ccccc21. The van der Waals surface area contributed by atoms with Crippen molar-refractivity contribution in [2.45, 2.75) is 12.3 Å². The van der Waals surface area contributed by atoms with Gasteiger partial charge in [0.25, 0.3) is 0 Å². The average molecular weight is 454 g/mol. The van der Waals surface area contributed by atoms with E-state index in [1.165, 1.54) is 28.5 Å². The molecule has 3 aromatic carbocycles. The van der Waals surface area contributed by atoms with Crippen LogP contribution in [0.4, 0.5) is 4.79 Å². The van der Waals surface area contributed by atoms with Crippen molar-refractivity contribution in [3.05, 3.63) is 94.8 Å². The summed E-state index contributed by atoms with van der Waals surface area (Å²) in [5.41, 5.74) is 7.09. The summed E-state index contributed by atoms with van der Waals surface area (Å²) in [4.78, 5) is 20.7. The van der Waals surface area contributed by atoms with Crippen molar-refractivity contribution in [1.82, 2.24) is 15.3 Å². The maximum atomic E-state index is 12.2. The Labute approximate surface area is 196 Å². The number of hydrogen-bond acceptors (Lipinski definition) is 4. The maximum Gasteiger partial charge on any atom is 0.407 e. The van der Waals surface area contributed by atoms with Gasteiger partial charge in [-0.15, -0.1) is 0 Å². The molecule has 1 amide bonds. The van der Waals surface area contributed by atoms with Gasteiger partial charge < -0.3 is 10.1 Å². The quantitative estimate of drug-likeness (QED) is 0.324. The number of carbonyl (C=O) groups excluding carboxylic acids is 1. The molecule has 0 unspecified atom stereocenters. The van der Waals surface area contributed by atoms with Crippen LogP contribution in [0.2, 0.25) is 5.15 Å². The Kier molecular flexibility index (Phi) is 5.93. The molecule has 1 aliphatic carbocycles. The molecule has 0 saturated heterocycles. The highest BCUT2D eigenvalue weighted by molar-refractivity contribution is 6.29. The molecule has 1 aliphatic rings. The van der Waals surface area contributed by atoms with Crippen molar-refractivity contribution in [1.29, 1.82) is 0 Å². The Morgan fingerprint density at radius 2 is 1.73 bits per heavy atom. The van der Waals surface area contributed by atoms with E-state index in [-0.39, 0.29) is 5.92 Å². The first kappa shape index (κ1) is 21.0. The zero-order valence-electron chi connectivity index (χ0n) is 17.7. The van der Waals surface area contributed by atoms with Crippen molar-refractivity contribution >= 4 is 28.7 Å². The van der Waals surface area contributed by atoms with E-state index in [1.807, 2.05) is 42.5 Å². The molecule has 0 saturated carbocycles. The summed E-state index contributed by atoms with van der Waals surface area (Å²) >= 11 is 5.90. The van der Waals surface area contributed by atoms with Crippen LogP contribution in [0.1, 0.15) is 29.0 Å². The largest absolute Gasteiger partial charge is 0.449 e. The van der Waals surface area contributed by atoms with Gasteiger partial charge in [0.1, 0.15) is 11.8 Å². The molecule has 0 radical (unpaired) electrons. The monoisotopic (exact) mass is 453 g/mol. The van der Waals surface area contributed by atoms with E-state index in [1.54, 1.807) is 0 Å². The van der Waals surface area contributed by atoms with Gasteiger partial charge in [-0.2, -0.15) is 0 Å². The average Bonchev–Trinajstić information content (AvgIpc) is 3.16. The summed E-state index contributed by atoms with van der Waals surface area (Å²) in [7, 11) is 0. The van der Waals surface area contributed by atoms with E-state index in [9.17, 15) is 4.79 Å². The first-order valence-corrected chi connectivity index (χ1v) is 11.1. The molecule has 5 nitrogen and oxygen atoms in total. The number of fused-ring (bicyclic) bond motifs is 4. The summed E-state index contributed by atoms with van der Waals surface area (Å²) in [5, 5.41) is 3.12. The van der Waals surface area contributed by atoms with Gasteiger partial charge in [-0.3, -0.25) is 4.98 Å². The van der Waals surface area contributed by atoms with E-state index in [4.69, 9.17) is 16.3 Å². The number of nitrogens with zero attached hydrogens (tertiary/aromatic N) is 2. The number of benzene rings is 3. The summed E-state index contributed by atoms with van der Waals surface area (Å²) in [5.74, 6) is 6.18. The number of ether oxygens (including phenoxy) is 1. The Bertz CT molecular complexity index is 1360. The van der Waals surface area contributed by atoms with Gasteiger partial charge in [-0.05, 0) is 40.5 Å². The molecule has 33 heavy (non-hydrogen) atoms. The number of amides is 1. The number of carbonyl (C=O) groups is 1. The normalized spacial score (nSPS) is 11.9. The second-order valence-corrected chi connectivity index (χ2v) is 8.09. The molecule has 0 atom stereocenters. The van der Waals surface area contributed by atoms with E-state index >= 15 is 0 Å². The molecule has 0 spiro atoms. The van der Waals surface area contributed by atoms with Crippen molar-refractivity contribution in [3.8, 4) is 23.0 Å². The van der Waals surface area contributed by atoms with Crippen molar-refractivity contribution < 1.29 is 9.53 Å². The zero-order valence-corrected chi connectivity index (χ0v) is 18.5. The predicted molar refractivity (Wildman–Crippen MR) is 129 cm³/mol. The highest BCUT2D eigenvalue weighted by Gasteiger charge is 2.28. The van der Waals surface area contributed by atoms with Crippen LogP contribution in [-0.2, 0) is 4.74 Å². The van der Waals surface area contributed by atoms with Crippen LogP contribution >= 0.6 is 11.6 Å². The molecule has 6 heteroatoms. The van der Waals surface area contributed by atoms with E-state index in [0.717, 1.165) is 11.1 Å². The smallest absolute Gasteiger partial charge is 0.407 e. The number of aromatic nitrogens is 2. The van der Waals surface area contributed by atoms with Crippen molar-refractivity contribution in [2.24, 2.45) is 0 Å². The van der Waals surface area contributed by atoms with Crippen LogP contribution in [-0.4, -0.2) is 29.2 Å². The Morgan fingerprint density at radius 3 is 2.48 bits per heavy atom. The predicted octanol–water partition coefficient (Wildman–Crippen LogP) is 5.56. The van der Waals surface area contributed by atoms with Gasteiger partial charge in [0.15, 0.2) is 0 Å². The van der Waals surface area contributed by atoms with Crippen LogP contribution in [0.15, 0.2) is 72.9 Å². The minimum Gasteiger partial charge on any atom is -0.449 e. The third-order valence-electron chi connectivity index (χ3n) is 5.61. The Balaban J connectivity index is 1.14. The molecular formula is C27H20ClN3O2. The highest BCUT2D eigenvalue weighted by atomic mass is 35.5. The third kappa shape index (κ3) is 4.52. The van der Waals surface area contributed by atoms with Crippen molar-refractivity contribution in [2.75, 3.05) is 13.2 Å². The Hall–Kier alpha value is -3.88. The number of alkyl carbamates (subject to hydrolysis) is 1. The number of halogens is 1. The number of nitrogens with one attached hydrogen (secondary N) is 1. The highest BCUT2D eigenvalue weighted by Crippen LogP contribution is 2.44. The van der Waals surface area contributed by atoms with E-state index in [0.29, 0.717) is 30.2 Å². The molecule has 1 N–H and O–H groups in total. The molecule has 0 fully saturated rings. The lowest BCUT2D eigenvalue weighted by Crippen LogP contribution is -2.26. The second-order valence-electron chi connectivity index (χ2n) is 7.70. The summed E-state index contributed by atoms with van der Waals surface area (Å²) in [6.45, 7) is 0.703. The molecule has 1 aromatic heterocycles. The van der Waals surface area contributed by atoms with Crippen LogP contribution in [0.3, 0.4) is 0 Å². The lowest BCUT2D eigenvalue weighted by molar-refractivity contribution is 0.143. The van der Waals surface area contributed by atoms with Crippen LogP contribution in [0.25, 0.3) is 22.2 Å². The van der Waals surface area contributed by atoms with Crippen LogP contribution in [0.5, 0.6) is 0 Å². The first-order chi connectivity index (χ1) is 16.2. The number of hydrogen-bond donors (Lipinski definition) is 1. The maximum absolute atomic E-state index is 12.2. The lowest BCUT2D eigenvalue weighted by Gasteiger charge is -2.14. The molecule has 0 bridgehead atoms. The van der Waals surface area contributed by atoms with Gasteiger partial charge in [0.05, 0.1) is 17.2 Å². The standard InChI is InChI=1S/C27H20ClN3O2/c28-26-16-30-24-13-12-18(15-25(24)31-26)7-5-6-14-29-27(32)33-17-23-21-10-3-1-8-19(21)20-9-2-4-11-22(20)23/h1-4,8-13,15-16,23H,6,14,17H2,(H,29,32). The van der Waals surface area contributed by atoms with Gasteiger partial charge in [-0.1, -0.05) is 72.0 Å². The van der Waals surface area contributed by atoms with Crippen LogP contribution in [0, 0.1) is 11.8 Å². The fraction of sp³-hybridized carbons (Fsp3) is 0.148. The van der Waals surface area contributed by atoms with Crippen molar-refractivity contribution in [3.63, 3.8) is 0 Å². The first-order valence-electron chi connectivity index (χ1n) is 10.7. The third-order valence-corrected chi connectivity index (χ3v) is 5.79. The zero-order chi connectivity index (χ0) is 22.6. The molecule has 5 rings (SSSR count). The minimum atomic E-state index is -0.436. The number of rotatable bonds is 4. The lowest BCUT2D eigenvalue weighted by atomic mass is 9.98.